The summed E-state index contributed by atoms with van der Waals surface area (Å²) in [6.07, 6.45) is -0.332. The third-order valence-electron chi connectivity index (χ3n) is 2.84. The second-order valence-electron chi connectivity index (χ2n) is 4.60. The number of hydrogen-bond acceptors (Lipinski definition) is 4. The van der Waals surface area contributed by atoms with Crippen LogP contribution in [0.4, 0.5) is 4.39 Å². The molecular formula is C15H15FN2OS. The molecule has 0 saturated carbocycles. The zero-order valence-corrected chi connectivity index (χ0v) is 12.1. The molecule has 20 heavy (non-hydrogen) atoms. The number of halogens is 1. The highest BCUT2D eigenvalue weighted by Gasteiger charge is 2.20. The van der Waals surface area contributed by atoms with Gasteiger partial charge in [0.25, 0.3) is 0 Å². The minimum Gasteiger partial charge on any atom is -0.483 e. The lowest BCUT2D eigenvalue weighted by Gasteiger charge is -2.21. The molecule has 3 nitrogen and oxygen atoms in total. The summed E-state index contributed by atoms with van der Waals surface area (Å²) in [6.45, 7) is 3.85. The Bertz CT molecular complexity index is 646. The van der Waals surface area contributed by atoms with Crippen LogP contribution in [0.5, 0.6) is 5.75 Å². The fraction of sp³-hybridized carbons (Fsp3) is 0.267. The monoisotopic (exact) mass is 290 g/mol. The van der Waals surface area contributed by atoms with Gasteiger partial charge in [0.1, 0.15) is 23.7 Å². The molecule has 0 aliphatic rings. The molecule has 2 unspecified atom stereocenters. The van der Waals surface area contributed by atoms with Gasteiger partial charge in [-0.3, -0.25) is 0 Å². The van der Waals surface area contributed by atoms with Crippen molar-refractivity contribution >= 4 is 11.3 Å². The molecule has 2 rings (SSSR count). The van der Waals surface area contributed by atoms with Crippen molar-refractivity contribution < 1.29 is 9.13 Å². The number of nitriles is 1. The summed E-state index contributed by atoms with van der Waals surface area (Å²) >= 11 is 1.60. The van der Waals surface area contributed by atoms with E-state index in [9.17, 15) is 4.39 Å². The molecule has 0 bridgehead atoms. The molecule has 5 heteroatoms. The van der Waals surface area contributed by atoms with Gasteiger partial charge in [-0.2, -0.15) is 5.26 Å². The fourth-order valence-corrected chi connectivity index (χ4v) is 2.86. The Balaban J connectivity index is 2.25. The molecule has 0 spiro atoms. The lowest BCUT2D eigenvalue weighted by molar-refractivity contribution is 0.183. The summed E-state index contributed by atoms with van der Waals surface area (Å²) in [6, 6.07) is 9.72. The number of hydrogen-bond donors (Lipinski definition) is 1. The van der Waals surface area contributed by atoms with Crippen LogP contribution in [0.3, 0.4) is 0 Å². The molecule has 104 valence electrons. The molecular weight excluding hydrogens is 275 g/mol. The zero-order valence-electron chi connectivity index (χ0n) is 11.3. The lowest BCUT2D eigenvalue weighted by atomic mass is 10.1. The van der Waals surface area contributed by atoms with Crippen LogP contribution in [0.15, 0.2) is 30.3 Å². The minimum atomic E-state index is -0.587. The number of aryl methyl sites for hydroxylation is 1. The molecule has 2 N–H and O–H groups in total. The van der Waals surface area contributed by atoms with E-state index in [2.05, 4.69) is 0 Å². The number of nitrogens with zero attached hydrogens (tertiary/aromatic N) is 1. The average Bonchev–Trinajstić information content (AvgIpc) is 2.82. The van der Waals surface area contributed by atoms with Gasteiger partial charge in [0.05, 0.1) is 5.56 Å². The van der Waals surface area contributed by atoms with Crippen molar-refractivity contribution in [3.63, 3.8) is 0 Å². The Morgan fingerprint density at radius 3 is 2.60 bits per heavy atom. The maximum absolute atomic E-state index is 13.6. The molecule has 1 aromatic carbocycles. The van der Waals surface area contributed by atoms with Crippen LogP contribution < -0.4 is 10.5 Å². The van der Waals surface area contributed by atoms with Crippen LogP contribution in [0.1, 0.15) is 28.3 Å². The van der Waals surface area contributed by atoms with Crippen molar-refractivity contribution in [1.29, 1.82) is 5.26 Å². The van der Waals surface area contributed by atoms with Crippen molar-refractivity contribution in [3.05, 3.63) is 51.5 Å². The third-order valence-corrected chi connectivity index (χ3v) is 3.91. The van der Waals surface area contributed by atoms with Crippen molar-refractivity contribution in [2.75, 3.05) is 0 Å². The van der Waals surface area contributed by atoms with Crippen LogP contribution in [-0.2, 0) is 0 Å². The third kappa shape index (κ3) is 3.16. The average molecular weight is 290 g/mol. The van der Waals surface area contributed by atoms with Gasteiger partial charge in [0.15, 0.2) is 0 Å². The fourth-order valence-electron chi connectivity index (χ4n) is 1.84. The molecule has 0 aliphatic heterocycles. The highest BCUT2D eigenvalue weighted by molar-refractivity contribution is 7.12. The van der Waals surface area contributed by atoms with E-state index >= 15 is 0 Å². The predicted molar refractivity (Wildman–Crippen MR) is 77.2 cm³/mol. The van der Waals surface area contributed by atoms with Crippen LogP contribution in [0.25, 0.3) is 0 Å². The first-order valence-electron chi connectivity index (χ1n) is 6.19. The highest BCUT2D eigenvalue weighted by Crippen LogP contribution is 2.30. The van der Waals surface area contributed by atoms with Gasteiger partial charge in [-0.15, -0.1) is 11.3 Å². The summed E-state index contributed by atoms with van der Waals surface area (Å²) in [5.41, 5.74) is 5.96. The van der Waals surface area contributed by atoms with Gasteiger partial charge in [-0.25, -0.2) is 4.39 Å². The van der Waals surface area contributed by atoms with E-state index in [4.69, 9.17) is 15.7 Å². The topological polar surface area (TPSA) is 59.0 Å². The van der Waals surface area contributed by atoms with E-state index in [1.165, 1.54) is 17.0 Å². The van der Waals surface area contributed by atoms with Crippen molar-refractivity contribution in [2.24, 2.45) is 5.73 Å². The zero-order chi connectivity index (χ0) is 14.7. The van der Waals surface area contributed by atoms with Crippen molar-refractivity contribution in [2.45, 2.75) is 26.0 Å². The maximum Gasteiger partial charge on any atom is 0.148 e. The summed E-state index contributed by atoms with van der Waals surface area (Å²) in [7, 11) is 0. The number of rotatable bonds is 4. The molecule has 0 fully saturated rings. The standard InChI is InChI=1S/C15H15FN2OS/c1-9-3-6-14(20-9)15(10(2)18)19-12-5-4-11(8-17)13(16)7-12/h3-7,10,15H,18H2,1-2H3. The van der Waals surface area contributed by atoms with Crippen molar-refractivity contribution in [3.8, 4) is 11.8 Å². The Labute approximate surface area is 121 Å². The minimum absolute atomic E-state index is 0.00154. The van der Waals surface area contributed by atoms with E-state index in [0.717, 1.165) is 4.88 Å². The first kappa shape index (κ1) is 14.5. The molecule has 1 heterocycles. The SMILES string of the molecule is Cc1ccc(C(Oc2ccc(C#N)c(F)c2)C(C)N)s1. The summed E-state index contributed by atoms with van der Waals surface area (Å²) in [4.78, 5) is 2.17. The van der Waals surface area contributed by atoms with E-state index in [0.29, 0.717) is 5.75 Å². The molecule has 1 aromatic heterocycles. The Kier molecular flexibility index (Phi) is 4.38. The summed E-state index contributed by atoms with van der Waals surface area (Å²) < 4.78 is 19.4. The maximum atomic E-state index is 13.6. The first-order valence-corrected chi connectivity index (χ1v) is 7.01. The molecule has 0 saturated heterocycles. The van der Waals surface area contributed by atoms with Crippen LogP contribution >= 0.6 is 11.3 Å². The first-order chi connectivity index (χ1) is 9.51. The molecule has 0 radical (unpaired) electrons. The lowest BCUT2D eigenvalue weighted by Crippen LogP contribution is -2.28. The number of benzene rings is 1. The molecule has 0 amide bonds. The Morgan fingerprint density at radius 1 is 1.35 bits per heavy atom. The Hall–Kier alpha value is -1.90. The van der Waals surface area contributed by atoms with E-state index in [1.807, 2.05) is 26.0 Å². The Morgan fingerprint density at radius 2 is 2.10 bits per heavy atom. The summed E-state index contributed by atoms with van der Waals surface area (Å²) in [5.74, 6) is -0.217. The molecule has 2 aromatic rings. The van der Waals surface area contributed by atoms with Crippen LogP contribution in [0.2, 0.25) is 0 Å². The smallest absolute Gasteiger partial charge is 0.148 e. The van der Waals surface area contributed by atoms with E-state index in [-0.39, 0.29) is 17.7 Å². The van der Waals surface area contributed by atoms with Gasteiger partial charge < -0.3 is 10.5 Å². The van der Waals surface area contributed by atoms with Gasteiger partial charge in [-0.05, 0) is 38.1 Å². The second-order valence-corrected chi connectivity index (χ2v) is 5.92. The van der Waals surface area contributed by atoms with Crippen LogP contribution in [0, 0.1) is 24.1 Å². The van der Waals surface area contributed by atoms with Gasteiger partial charge in [0.2, 0.25) is 0 Å². The normalized spacial score (nSPS) is 13.6. The highest BCUT2D eigenvalue weighted by atomic mass is 32.1. The van der Waals surface area contributed by atoms with Crippen LogP contribution in [-0.4, -0.2) is 6.04 Å². The number of ether oxygens (including phenoxy) is 1. The number of nitrogens with two attached hydrogens (primary N) is 1. The second kappa shape index (κ2) is 6.04. The van der Waals surface area contributed by atoms with Gasteiger partial charge >= 0.3 is 0 Å². The van der Waals surface area contributed by atoms with Gasteiger partial charge in [-0.1, -0.05) is 0 Å². The van der Waals surface area contributed by atoms with E-state index in [1.54, 1.807) is 23.5 Å². The summed E-state index contributed by atoms with van der Waals surface area (Å²) in [5, 5.41) is 8.71. The van der Waals surface area contributed by atoms with Crippen molar-refractivity contribution in [1.82, 2.24) is 0 Å². The van der Waals surface area contributed by atoms with Gasteiger partial charge in [0, 0.05) is 21.9 Å². The predicted octanol–water partition coefficient (Wildman–Crippen LogP) is 3.53. The number of thiophene rings is 1. The quantitative estimate of drug-likeness (QED) is 0.937. The van der Waals surface area contributed by atoms with E-state index < -0.39 is 5.82 Å². The molecule has 2 atom stereocenters. The molecule has 0 aliphatic carbocycles. The largest absolute Gasteiger partial charge is 0.483 e.